The fraction of sp³-hybridized carbons (Fsp3) is 0.167. The Bertz CT molecular complexity index is 945. The Hall–Kier alpha value is -2.60. The summed E-state index contributed by atoms with van der Waals surface area (Å²) >= 11 is 0. The number of benzene rings is 2. The second-order valence-corrected chi connectivity index (χ2v) is 6.71. The van der Waals surface area contributed by atoms with Crippen LogP contribution < -0.4 is 10.1 Å². The number of rotatable bonds is 4. The average molecular weight is 343 g/mol. The van der Waals surface area contributed by atoms with Gasteiger partial charge in [-0.3, -0.25) is 9.00 Å². The largest absolute Gasteiger partial charge is 0.497 e. The van der Waals surface area contributed by atoms with E-state index >= 15 is 0 Å². The lowest BCUT2D eigenvalue weighted by atomic mass is 10.1. The second kappa shape index (κ2) is 6.49. The normalized spacial score (nSPS) is 12.1. The van der Waals surface area contributed by atoms with Gasteiger partial charge in [0.1, 0.15) is 17.1 Å². The molecule has 0 fully saturated rings. The van der Waals surface area contributed by atoms with Crippen molar-refractivity contribution in [2.75, 3.05) is 18.7 Å². The Kier molecular flexibility index (Phi) is 4.40. The zero-order valence-corrected chi connectivity index (χ0v) is 14.4. The van der Waals surface area contributed by atoms with Crippen molar-refractivity contribution in [1.82, 2.24) is 0 Å². The van der Waals surface area contributed by atoms with Crippen molar-refractivity contribution in [3.8, 4) is 5.75 Å². The number of methoxy groups -OCH3 is 1. The van der Waals surface area contributed by atoms with Crippen molar-refractivity contribution < 1.29 is 18.2 Å². The van der Waals surface area contributed by atoms with Crippen molar-refractivity contribution in [3.05, 3.63) is 53.8 Å². The first kappa shape index (κ1) is 16.3. The van der Waals surface area contributed by atoms with Crippen LogP contribution in [0.3, 0.4) is 0 Å². The molecule has 5 nitrogen and oxygen atoms in total. The number of hydrogen-bond donors (Lipinski definition) is 1. The lowest BCUT2D eigenvalue weighted by molar-refractivity contribution is 0.102. The third-order valence-electron chi connectivity index (χ3n) is 3.72. The summed E-state index contributed by atoms with van der Waals surface area (Å²) < 4.78 is 22.5. The van der Waals surface area contributed by atoms with Gasteiger partial charge in [-0.05, 0) is 43.3 Å². The Morgan fingerprint density at radius 2 is 2.00 bits per heavy atom. The van der Waals surface area contributed by atoms with Crippen LogP contribution in [-0.4, -0.2) is 23.5 Å². The highest BCUT2D eigenvalue weighted by atomic mass is 32.2. The van der Waals surface area contributed by atoms with Crippen LogP contribution in [0.5, 0.6) is 5.75 Å². The van der Waals surface area contributed by atoms with Gasteiger partial charge in [-0.15, -0.1) is 0 Å². The van der Waals surface area contributed by atoms with Gasteiger partial charge in [0.2, 0.25) is 0 Å². The van der Waals surface area contributed by atoms with Crippen molar-refractivity contribution in [2.45, 2.75) is 11.8 Å². The van der Waals surface area contributed by atoms with Crippen LogP contribution >= 0.6 is 0 Å². The smallest absolute Gasteiger partial charge is 0.259 e. The Balaban J connectivity index is 1.98. The van der Waals surface area contributed by atoms with E-state index in [9.17, 15) is 9.00 Å². The van der Waals surface area contributed by atoms with E-state index in [-0.39, 0.29) is 5.91 Å². The predicted octanol–water partition coefficient (Wildman–Crippen LogP) is 3.74. The topological polar surface area (TPSA) is 68.5 Å². The molecule has 1 atom stereocenters. The van der Waals surface area contributed by atoms with E-state index in [0.717, 1.165) is 0 Å². The van der Waals surface area contributed by atoms with Gasteiger partial charge in [0, 0.05) is 33.0 Å². The van der Waals surface area contributed by atoms with Crippen LogP contribution in [0.2, 0.25) is 0 Å². The molecule has 1 N–H and O–H groups in total. The molecular weight excluding hydrogens is 326 g/mol. The monoisotopic (exact) mass is 343 g/mol. The fourth-order valence-electron chi connectivity index (χ4n) is 2.55. The molecule has 2 aromatic carbocycles. The van der Waals surface area contributed by atoms with Gasteiger partial charge in [-0.1, -0.05) is 6.07 Å². The van der Waals surface area contributed by atoms with E-state index < -0.39 is 10.8 Å². The molecule has 0 saturated heterocycles. The van der Waals surface area contributed by atoms with Crippen LogP contribution in [-0.2, 0) is 10.8 Å². The maximum absolute atomic E-state index is 12.7. The summed E-state index contributed by atoms with van der Waals surface area (Å²) in [5.41, 5.74) is 1.68. The molecule has 3 aromatic rings. The Morgan fingerprint density at radius 1 is 1.21 bits per heavy atom. The highest BCUT2D eigenvalue weighted by molar-refractivity contribution is 7.84. The zero-order valence-electron chi connectivity index (χ0n) is 13.6. The van der Waals surface area contributed by atoms with Crippen molar-refractivity contribution in [3.63, 3.8) is 0 Å². The maximum atomic E-state index is 12.7. The third kappa shape index (κ3) is 3.05. The Labute approximate surface area is 142 Å². The number of anilines is 1. The first-order chi connectivity index (χ1) is 11.5. The van der Waals surface area contributed by atoms with Crippen LogP contribution in [0.25, 0.3) is 11.0 Å². The number of amides is 1. The molecule has 3 rings (SSSR count). The van der Waals surface area contributed by atoms with E-state index in [1.165, 1.54) is 0 Å². The molecule has 0 aliphatic carbocycles. The molecular formula is C18H17NO4S. The summed E-state index contributed by atoms with van der Waals surface area (Å²) in [4.78, 5) is 13.4. The van der Waals surface area contributed by atoms with Gasteiger partial charge in [-0.2, -0.15) is 0 Å². The highest BCUT2D eigenvalue weighted by Crippen LogP contribution is 2.29. The van der Waals surface area contributed by atoms with Gasteiger partial charge in [0.15, 0.2) is 0 Å². The number of nitrogens with one attached hydrogen (secondary N) is 1. The number of aryl methyl sites for hydroxylation is 1. The summed E-state index contributed by atoms with van der Waals surface area (Å²) in [6, 6.07) is 12.3. The second-order valence-electron chi connectivity index (χ2n) is 5.33. The minimum Gasteiger partial charge on any atom is -0.497 e. The summed E-state index contributed by atoms with van der Waals surface area (Å²) in [7, 11) is 0.465. The summed E-state index contributed by atoms with van der Waals surface area (Å²) in [6.45, 7) is 1.75. The van der Waals surface area contributed by atoms with E-state index in [0.29, 0.717) is 38.6 Å². The maximum Gasteiger partial charge on any atom is 0.259 e. The zero-order chi connectivity index (χ0) is 17.3. The molecule has 0 spiro atoms. The van der Waals surface area contributed by atoms with Crippen LogP contribution in [0.4, 0.5) is 5.69 Å². The van der Waals surface area contributed by atoms with E-state index in [4.69, 9.17) is 9.15 Å². The molecule has 124 valence electrons. The van der Waals surface area contributed by atoms with E-state index in [1.807, 2.05) is 0 Å². The van der Waals surface area contributed by atoms with Gasteiger partial charge in [0.05, 0.1) is 12.7 Å². The molecule has 6 heteroatoms. The highest BCUT2D eigenvalue weighted by Gasteiger charge is 2.19. The minimum atomic E-state index is -1.11. The number of carbonyl (C=O) groups excluding carboxylic acids is 1. The molecule has 24 heavy (non-hydrogen) atoms. The number of fused-ring (bicyclic) bond motifs is 1. The lowest BCUT2D eigenvalue weighted by Gasteiger charge is -2.06. The first-order valence-electron chi connectivity index (χ1n) is 7.31. The standard InChI is InChI=1S/C18H17NO4S/c1-11-17(15-10-13(22-2)7-8-16(15)23-11)18(20)19-12-5-4-6-14(9-12)24(3)21/h4-10H,1-3H3,(H,19,20)/t24-/m0/s1. The van der Waals surface area contributed by atoms with Crippen LogP contribution in [0.1, 0.15) is 16.1 Å². The third-order valence-corrected chi connectivity index (χ3v) is 4.64. The quantitative estimate of drug-likeness (QED) is 0.783. The molecule has 0 unspecified atom stereocenters. The minimum absolute atomic E-state index is 0.279. The number of furan rings is 1. The van der Waals surface area contributed by atoms with E-state index in [2.05, 4.69) is 5.32 Å². The van der Waals surface area contributed by atoms with Crippen molar-refractivity contribution >= 4 is 33.4 Å². The van der Waals surface area contributed by atoms with Gasteiger partial charge < -0.3 is 14.5 Å². The fourth-order valence-corrected chi connectivity index (χ4v) is 3.12. The number of hydrogen-bond acceptors (Lipinski definition) is 4. The first-order valence-corrected chi connectivity index (χ1v) is 8.87. The lowest BCUT2D eigenvalue weighted by Crippen LogP contribution is -2.12. The molecule has 1 aromatic heterocycles. The predicted molar refractivity (Wildman–Crippen MR) is 94.2 cm³/mol. The number of carbonyl (C=O) groups is 1. The summed E-state index contributed by atoms with van der Waals surface area (Å²) in [6.07, 6.45) is 1.60. The SMILES string of the molecule is COc1ccc2oc(C)c(C(=O)Nc3cccc([S@](C)=O)c3)c2c1. The molecule has 0 aliphatic heterocycles. The van der Waals surface area contributed by atoms with Crippen molar-refractivity contribution in [1.29, 1.82) is 0 Å². The Morgan fingerprint density at radius 3 is 2.71 bits per heavy atom. The molecule has 0 aliphatic rings. The molecule has 0 saturated carbocycles. The number of ether oxygens (including phenoxy) is 1. The van der Waals surface area contributed by atoms with Crippen LogP contribution in [0.15, 0.2) is 51.8 Å². The average Bonchev–Trinajstić information content (AvgIpc) is 2.89. The summed E-state index contributed by atoms with van der Waals surface area (Å²) in [5.74, 6) is 0.908. The van der Waals surface area contributed by atoms with Crippen molar-refractivity contribution in [2.24, 2.45) is 0 Å². The van der Waals surface area contributed by atoms with Gasteiger partial charge in [0.25, 0.3) is 5.91 Å². The van der Waals surface area contributed by atoms with E-state index in [1.54, 1.807) is 62.8 Å². The summed E-state index contributed by atoms with van der Waals surface area (Å²) in [5, 5.41) is 3.53. The van der Waals surface area contributed by atoms with Crippen LogP contribution in [0, 0.1) is 6.92 Å². The molecule has 0 bridgehead atoms. The van der Waals surface area contributed by atoms with Gasteiger partial charge >= 0.3 is 0 Å². The van der Waals surface area contributed by atoms with Gasteiger partial charge in [-0.25, -0.2) is 0 Å². The molecule has 1 amide bonds. The molecule has 1 heterocycles. The molecule has 0 radical (unpaired) electrons.